The molecule has 0 spiro atoms. The summed E-state index contributed by atoms with van der Waals surface area (Å²) in [5.74, 6) is -1.11. The zero-order valence-corrected chi connectivity index (χ0v) is 12.1. The van der Waals surface area contributed by atoms with Gasteiger partial charge in [-0.05, 0) is 35.0 Å². The van der Waals surface area contributed by atoms with E-state index in [4.69, 9.17) is 5.11 Å². The molecule has 1 N–H and O–H groups in total. The standard InChI is InChI=1S/C14H16BrNO2/c1-3-16-11(7-9(2)14(17)18)8-10-5-4-6-12(15)13(10)16/h4-6,8-9H,3,7H2,1-2H3,(H,17,18). The first-order chi connectivity index (χ1) is 8.54. The Balaban J connectivity index is 2.51. The molecular formula is C14H16BrNO2. The fourth-order valence-electron chi connectivity index (χ4n) is 2.27. The normalized spacial score (nSPS) is 12.8. The van der Waals surface area contributed by atoms with E-state index in [1.807, 2.05) is 12.1 Å². The lowest BCUT2D eigenvalue weighted by Gasteiger charge is -2.11. The second-order valence-electron chi connectivity index (χ2n) is 4.50. The van der Waals surface area contributed by atoms with Crippen molar-refractivity contribution in [1.82, 2.24) is 4.57 Å². The van der Waals surface area contributed by atoms with Crippen LogP contribution < -0.4 is 0 Å². The van der Waals surface area contributed by atoms with Crippen molar-refractivity contribution in [3.05, 3.63) is 34.4 Å². The minimum absolute atomic E-state index is 0.363. The summed E-state index contributed by atoms with van der Waals surface area (Å²) in [4.78, 5) is 11.0. The van der Waals surface area contributed by atoms with Crippen LogP contribution in [0.2, 0.25) is 0 Å². The topological polar surface area (TPSA) is 42.2 Å². The second kappa shape index (κ2) is 5.14. The van der Waals surface area contributed by atoms with Gasteiger partial charge >= 0.3 is 5.97 Å². The fourth-order valence-corrected chi connectivity index (χ4v) is 2.86. The maximum atomic E-state index is 11.0. The van der Waals surface area contributed by atoms with E-state index in [0.29, 0.717) is 6.42 Å². The molecule has 0 saturated carbocycles. The smallest absolute Gasteiger partial charge is 0.306 e. The quantitative estimate of drug-likeness (QED) is 0.936. The summed E-state index contributed by atoms with van der Waals surface area (Å²) < 4.78 is 3.23. The summed E-state index contributed by atoms with van der Waals surface area (Å²) in [6.07, 6.45) is 0.560. The molecule has 3 nitrogen and oxygen atoms in total. The van der Waals surface area contributed by atoms with E-state index < -0.39 is 5.97 Å². The molecule has 0 radical (unpaired) electrons. The van der Waals surface area contributed by atoms with Crippen LogP contribution in [-0.4, -0.2) is 15.6 Å². The Morgan fingerprint density at radius 3 is 2.83 bits per heavy atom. The minimum Gasteiger partial charge on any atom is -0.481 e. The molecule has 2 rings (SSSR count). The Hall–Kier alpha value is -1.29. The second-order valence-corrected chi connectivity index (χ2v) is 5.36. The van der Waals surface area contributed by atoms with Crippen molar-refractivity contribution < 1.29 is 9.90 Å². The highest BCUT2D eigenvalue weighted by atomic mass is 79.9. The lowest BCUT2D eigenvalue weighted by molar-refractivity contribution is -0.141. The van der Waals surface area contributed by atoms with Gasteiger partial charge in [0.15, 0.2) is 0 Å². The van der Waals surface area contributed by atoms with Crippen molar-refractivity contribution in [2.24, 2.45) is 5.92 Å². The number of rotatable bonds is 4. The number of carbonyl (C=O) groups is 1. The van der Waals surface area contributed by atoms with Gasteiger partial charge in [0.25, 0.3) is 0 Å². The summed E-state index contributed by atoms with van der Waals surface area (Å²) in [7, 11) is 0. The fraction of sp³-hybridized carbons (Fsp3) is 0.357. The van der Waals surface area contributed by atoms with Crippen LogP contribution >= 0.6 is 15.9 Å². The van der Waals surface area contributed by atoms with E-state index in [9.17, 15) is 4.79 Å². The monoisotopic (exact) mass is 309 g/mol. The summed E-state index contributed by atoms with van der Waals surface area (Å²) >= 11 is 3.56. The van der Waals surface area contributed by atoms with Crippen molar-refractivity contribution in [3.63, 3.8) is 0 Å². The van der Waals surface area contributed by atoms with E-state index >= 15 is 0 Å². The van der Waals surface area contributed by atoms with Crippen LogP contribution in [0.25, 0.3) is 10.9 Å². The number of nitrogens with zero attached hydrogens (tertiary/aromatic N) is 1. The maximum absolute atomic E-state index is 11.0. The Labute approximate surface area is 115 Å². The Kier molecular flexibility index (Phi) is 3.76. The van der Waals surface area contributed by atoms with Crippen molar-refractivity contribution in [2.45, 2.75) is 26.8 Å². The van der Waals surface area contributed by atoms with Gasteiger partial charge in [-0.1, -0.05) is 19.1 Å². The number of halogens is 1. The number of benzene rings is 1. The lowest BCUT2D eigenvalue weighted by atomic mass is 10.1. The van der Waals surface area contributed by atoms with Gasteiger partial charge in [-0.2, -0.15) is 0 Å². The van der Waals surface area contributed by atoms with Crippen LogP contribution in [0.3, 0.4) is 0 Å². The first-order valence-corrected chi connectivity index (χ1v) is 6.83. The van der Waals surface area contributed by atoms with Gasteiger partial charge in [0, 0.05) is 28.5 Å². The third-order valence-corrected chi connectivity index (χ3v) is 3.85. The van der Waals surface area contributed by atoms with Gasteiger partial charge in [-0.25, -0.2) is 0 Å². The largest absolute Gasteiger partial charge is 0.481 e. The third-order valence-electron chi connectivity index (χ3n) is 3.21. The summed E-state index contributed by atoms with van der Waals surface area (Å²) in [6.45, 7) is 4.66. The summed E-state index contributed by atoms with van der Waals surface area (Å²) in [5.41, 5.74) is 2.22. The van der Waals surface area contributed by atoms with Crippen molar-refractivity contribution in [1.29, 1.82) is 0 Å². The van der Waals surface area contributed by atoms with E-state index in [2.05, 4.69) is 39.6 Å². The van der Waals surface area contributed by atoms with Crippen LogP contribution in [0.15, 0.2) is 28.7 Å². The molecule has 1 heterocycles. The van der Waals surface area contributed by atoms with Crippen molar-refractivity contribution in [2.75, 3.05) is 0 Å². The molecule has 96 valence electrons. The third kappa shape index (κ3) is 2.29. The Morgan fingerprint density at radius 1 is 1.50 bits per heavy atom. The number of carboxylic acids is 1. The number of aromatic nitrogens is 1. The molecule has 0 aliphatic rings. The molecule has 0 aliphatic heterocycles. The van der Waals surface area contributed by atoms with Crippen molar-refractivity contribution in [3.8, 4) is 0 Å². The van der Waals surface area contributed by atoms with E-state index in [1.165, 1.54) is 0 Å². The van der Waals surface area contributed by atoms with Crippen LogP contribution in [0.1, 0.15) is 19.5 Å². The molecular weight excluding hydrogens is 294 g/mol. The molecule has 1 atom stereocenters. The predicted octanol–water partition coefficient (Wildman–Crippen LogP) is 3.69. The highest BCUT2D eigenvalue weighted by Crippen LogP contribution is 2.28. The molecule has 4 heteroatoms. The van der Waals surface area contributed by atoms with Crippen LogP contribution in [0.5, 0.6) is 0 Å². The SMILES string of the molecule is CCn1c(CC(C)C(=O)O)cc2cccc(Br)c21. The van der Waals surface area contributed by atoms with Gasteiger partial charge in [-0.15, -0.1) is 0 Å². The van der Waals surface area contributed by atoms with Gasteiger partial charge in [0.05, 0.1) is 11.4 Å². The zero-order valence-electron chi connectivity index (χ0n) is 10.5. The van der Waals surface area contributed by atoms with E-state index in [-0.39, 0.29) is 5.92 Å². The number of hydrogen-bond acceptors (Lipinski definition) is 1. The zero-order chi connectivity index (χ0) is 13.3. The van der Waals surface area contributed by atoms with Crippen LogP contribution in [0.4, 0.5) is 0 Å². The number of aryl methyl sites for hydroxylation is 1. The lowest BCUT2D eigenvalue weighted by Crippen LogP contribution is -2.14. The van der Waals surface area contributed by atoms with Gasteiger partial charge in [-0.3, -0.25) is 4.79 Å². The highest BCUT2D eigenvalue weighted by Gasteiger charge is 2.16. The molecule has 0 bridgehead atoms. The average molecular weight is 310 g/mol. The van der Waals surface area contributed by atoms with Gasteiger partial charge in [0.2, 0.25) is 0 Å². The summed E-state index contributed by atoms with van der Waals surface area (Å²) in [5, 5.41) is 10.2. The molecule has 1 aromatic heterocycles. The molecule has 1 aromatic carbocycles. The number of para-hydroxylation sites is 1. The maximum Gasteiger partial charge on any atom is 0.306 e. The van der Waals surface area contributed by atoms with Crippen LogP contribution in [0, 0.1) is 5.92 Å². The molecule has 0 aliphatic carbocycles. The van der Waals surface area contributed by atoms with E-state index in [0.717, 1.165) is 27.6 Å². The number of carboxylic acid groups (broad SMARTS) is 1. The highest BCUT2D eigenvalue weighted by molar-refractivity contribution is 9.10. The van der Waals surface area contributed by atoms with Crippen molar-refractivity contribution >= 4 is 32.8 Å². The number of fused-ring (bicyclic) bond motifs is 1. The molecule has 18 heavy (non-hydrogen) atoms. The molecule has 0 fully saturated rings. The number of hydrogen-bond donors (Lipinski definition) is 1. The first-order valence-electron chi connectivity index (χ1n) is 6.04. The van der Waals surface area contributed by atoms with Gasteiger partial charge in [0.1, 0.15) is 0 Å². The van der Waals surface area contributed by atoms with E-state index in [1.54, 1.807) is 6.92 Å². The Bertz CT molecular complexity index is 589. The predicted molar refractivity (Wildman–Crippen MR) is 75.8 cm³/mol. The summed E-state index contributed by atoms with van der Waals surface area (Å²) in [6, 6.07) is 8.15. The molecule has 0 saturated heterocycles. The van der Waals surface area contributed by atoms with Crippen LogP contribution in [-0.2, 0) is 17.8 Å². The molecule has 0 amide bonds. The molecule has 1 unspecified atom stereocenters. The van der Waals surface area contributed by atoms with Gasteiger partial charge < -0.3 is 9.67 Å². The molecule has 2 aromatic rings. The minimum atomic E-state index is -0.748. The average Bonchev–Trinajstić information content (AvgIpc) is 2.67. The first kappa shape index (κ1) is 13.1. The Morgan fingerprint density at radius 2 is 2.22 bits per heavy atom. The number of aliphatic carboxylic acids is 1.